The smallest absolute Gasteiger partial charge is 0.193 e. The molecule has 30 heavy (non-hydrogen) atoms. The van der Waals surface area contributed by atoms with Crippen molar-refractivity contribution in [3.63, 3.8) is 0 Å². The second-order valence-electron chi connectivity index (χ2n) is 9.41. The average Bonchev–Trinajstić information content (AvgIpc) is 2.76. The number of halogens is 3. The van der Waals surface area contributed by atoms with Crippen molar-refractivity contribution in [3.05, 3.63) is 47.5 Å². The summed E-state index contributed by atoms with van der Waals surface area (Å²) in [6.45, 7) is 0. The van der Waals surface area contributed by atoms with Gasteiger partial charge in [0.1, 0.15) is 0 Å². The van der Waals surface area contributed by atoms with E-state index in [-0.39, 0.29) is 0 Å². The van der Waals surface area contributed by atoms with Crippen LogP contribution in [0.4, 0.5) is 13.2 Å². The topological polar surface area (TPSA) is 23.8 Å². The van der Waals surface area contributed by atoms with Gasteiger partial charge in [-0.15, -0.1) is 0 Å². The van der Waals surface area contributed by atoms with E-state index < -0.39 is 11.7 Å². The van der Waals surface area contributed by atoms with Crippen molar-refractivity contribution in [2.75, 3.05) is 0 Å². The molecule has 1 aromatic rings. The molecule has 164 valence electrons. The van der Waals surface area contributed by atoms with E-state index >= 15 is 0 Å². The van der Waals surface area contributed by atoms with Gasteiger partial charge in [0.15, 0.2) is 0 Å². The molecule has 0 unspecified atom stereocenters. The van der Waals surface area contributed by atoms with Crippen LogP contribution in [-0.4, -0.2) is 0 Å². The molecule has 0 bridgehead atoms. The molecule has 1 nitrogen and oxygen atoms in total. The highest BCUT2D eigenvalue weighted by atomic mass is 19.4. The third kappa shape index (κ3) is 6.89. The second kappa shape index (κ2) is 11.0. The predicted octanol–water partition coefficient (Wildman–Crippen LogP) is 8.43. The van der Waals surface area contributed by atoms with Gasteiger partial charge in [0.25, 0.3) is 0 Å². The SMILES string of the molecule is N#C/C=C/CC[C@H]1CC[C@H](CC[C@H]2CC[C@H](c3ccc(C(F)(F)F)cc3)CC2)CC1. The van der Waals surface area contributed by atoms with E-state index in [0.717, 1.165) is 42.6 Å². The van der Waals surface area contributed by atoms with Crippen LogP contribution in [0.3, 0.4) is 0 Å². The fourth-order valence-corrected chi connectivity index (χ4v) is 5.48. The first-order valence-electron chi connectivity index (χ1n) is 11.7. The molecular weight excluding hydrogens is 383 g/mol. The Morgan fingerprint density at radius 3 is 1.80 bits per heavy atom. The van der Waals surface area contributed by atoms with Crippen molar-refractivity contribution >= 4 is 0 Å². The Kier molecular flexibility index (Phi) is 8.42. The number of hydrogen-bond acceptors (Lipinski definition) is 1. The Morgan fingerprint density at radius 1 is 0.800 bits per heavy atom. The summed E-state index contributed by atoms with van der Waals surface area (Å²) in [5, 5.41) is 8.54. The van der Waals surface area contributed by atoms with Crippen LogP contribution in [-0.2, 0) is 6.18 Å². The summed E-state index contributed by atoms with van der Waals surface area (Å²) < 4.78 is 38.2. The number of nitrogens with zero attached hydrogens (tertiary/aromatic N) is 1. The van der Waals surface area contributed by atoms with E-state index in [1.807, 2.05) is 6.08 Å². The fourth-order valence-electron chi connectivity index (χ4n) is 5.48. The van der Waals surface area contributed by atoms with Crippen molar-refractivity contribution in [1.29, 1.82) is 5.26 Å². The number of benzene rings is 1. The first kappa shape index (κ1) is 22.9. The standard InChI is InChI=1S/C26H34F3N/c27-26(28,29)25-17-15-24(16-18-25)23-13-11-22(12-14-23)10-9-21-7-5-20(6-8-21)4-2-1-3-19-30/h1,3,15-18,20-23H,2,4-14H2/b3-1+/t20-,21-,22-,23-. The molecule has 4 heteroatoms. The maximum Gasteiger partial charge on any atom is 0.416 e. The van der Waals surface area contributed by atoms with E-state index in [4.69, 9.17) is 5.26 Å². The molecule has 0 heterocycles. The van der Waals surface area contributed by atoms with Crippen molar-refractivity contribution in [3.8, 4) is 6.07 Å². The molecule has 0 spiro atoms. The first-order valence-corrected chi connectivity index (χ1v) is 11.7. The van der Waals surface area contributed by atoms with Crippen LogP contribution in [0, 0.1) is 29.1 Å². The molecule has 0 saturated heterocycles. The molecule has 1 aromatic carbocycles. The Hall–Kier alpha value is -1.76. The van der Waals surface area contributed by atoms with Gasteiger partial charge < -0.3 is 0 Å². The zero-order valence-corrected chi connectivity index (χ0v) is 17.8. The van der Waals surface area contributed by atoms with Gasteiger partial charge in [-0.25, -0.2) is 0 Å². The molecule has 0 N–H and O–H groups in total. The highest BCUT2D eigenvalue weighted by Crippen LogP contribution is 2.41. The molecular formula is C26H34F3N. The highest BCUT2D eigenvalue weighted by Gasteiger charge is 2.31. The summed E-state index contributed by atoms with van der Waals surface area (Å²) >= 11 is 0. The summed E-state index contributed by atoms with van der Waals surface area (Å²) in [5.41, 5.74) is 0.526. The molecule has 0 radical (unpaired) electrons. The molecule has 0 amide bonds. The molecule has 3 rings (SSSR count). The lowest BCUT2D eigenvalue weighted by Crippen LogP contribution is -2.18. The van der Waals surface area contributed by atoms with Gasteiger partial charge in [0.2, 0.25) is 0 Å². The van der Waals surface area contributed by atoms with Gasteiger partial charge in [-0.1, -0.05) is 56.7 Å². The van der Waals surface area contributed by atoms with Crippen LogP contribution in [0.25, 0.3) is 0 Å². The molecule has 2 aliphatic carbocycles. The van der Waals surface area contributed by atoms with Gasteiger partial charge in [-0.2, -0.15) is 18.4 Å². The second-order valence-corrected chi connectivity index (χ2v) is 9.41. The van der Waals surface area contributed by atoms with Gasteiger partial charge in [0.05, 0.1) is 11.6 Å². The third-order valence-electron chi connectivity index (χ3n) is 7.44. The minimum absolute atomic E-state index is 0.425. The quantitative estimate of drug-likeness (QED) is 0.408. The number of hydrogen-bond donors (Lipinski definition) is 0. The maximum absolute atomic E-state index is 12.7. The van der Waals surface area contributed by atoms with Crippen LogP contribution in [0.2, 0.25) is 0 Å². The van der Waals surface area contributed by atoms with Gasteiger partial charge in [0, 0.05) is 6.08 Å². The Balaban J connectivity index is 1.33. The number of alkyl halides is 3. The van der Waals surface area contributed by atoms with Crippen LogP contribution >= 0.6 is 0 Å². The number of rotatable bonds is 7. The molecule has 0 aromatic heterocycles. The maximum atomic E-state index is 12.7. The van der Waals surface area contributed by atoms with Gasteiger partial charge >= 0.3 is 6.18 Å². The fraction of sp³-hybridized carbons (Fsp3) is 0.654. The molecule has 2 aliphatic rings. The van der Waals surface area contributed by atoms with Gasteiger partial charge in [-0.3, -0.25) is 0 Å². The Labute approximate surface area is 179 Å². The van der Waals surface area contributed by atoms with E-state index in [9.17, 15) is 13.2 Å². The van der Waals surface area contributed by atoms with Crippen LogP contribution in [0.5, 0.6) is 0 Å². The van der Waals surface area contributed by atoms with E-state index in [1.54, 1.807) is 18.2 Å². The molecule has 0 atom stereocenters. The van der Waals surface area contributed by atoms with Crippen molar-refractivity contribution in [2.24, 2.45) is 17.8 Å². The van der Waals surface area contributed by atoms with Crippen LogP contribution < -0.4 is 0 Å². The lowest BCUT2D eigenvalue weighted by atomic mass is 9.74. The van der Waals surface area contributed by atoms with E-state index in [0.29, 0.717) is 5.92 Å². The van der Waals surface area contributed by atoms with E-state index in [2.05, 4.69) is 6.07 Å². The Bertz CT molecular complexity index is 697. The molecule has 0 aliphatic heterocycles. The predicted molar refractivity (Wildman–Crippen MR) is 115 cm³/mol. The zero-order valence-electron chi connectivity index (χ0n) is 17.8. The normalized spacial score (nSPS) is 27.8. The summed E-state index contributed by atoms with van der Waals surface area (Å²) in [7, 11) is 0. The number of nitriles is 1. The number of allylic oxidation sites excluding steroid dienone is 2. The van der Waals surface area contributed by atoms with E-state index in [1.165, 1.54) is 69.9 Å². The van der Waals surface area contributed by atoms with Crippen LogP contribution in [0.1, 0.15) is 94.1 Å². The minimum atomic E-state index is -4.25. The first-order chi connectivity index (χ1) is 14.5. The van der Waals surface area contributed by atoms with Crippen LogP contribution in [0.15, 0.2) is 36.4 Å². The minimum Gasteiger partial charge on any atom is -0.193 e. The lowest BCUT2D eigenvalue weighted by Gasteiger charge is -2.32. The summed E-state index contributed by atoms with van der Waals surface area (Å²) in [6.07, 6.45) is 14.3. The lowest BCUT2D eigenvalue weighted by molar-refractivity contribution is -0.137. The molecule has 2 saturated carbocycles. The summed E-state index contributed by atoms with van der Waals surface area (Å²) in [4.78, 5) is 0. The zero-order chi connectivity index (χ0) is 21.4. The highest BCUT2D eigenvalue weighted by molar-refractivity contribution is 5.27. The van der Waals surface area contributed by atoms with Crippen molar-refractivity contribution in [1.82, 2.24) is 0 Å². The largest absolute Gasteiger partial charge is 0.416 e. The van der Waals surface area contributed by atoms with Crippen molar-refractivity contribution < 1.29 is 13.2 Å². The summed E-state index contributed by atoms with van der Waals surface area (Å²) in [6, 6.07) is 7.89. The summed E-state index contributed by atoms with van der Waals surface area (Å²) in [5.74, 6) is 2.94. The monoisotopic (exact) mass is 417 g/mol. The average molecular weight is 418 g/mol. The van der Waals surface area contributed by atoms with Crippen molar-refractivity contribution in [2.45, 2.75) is 89.1 Å². The molecule has 2 fully saturated rings. The van der Waals surface area contributed by atoms with Gasteiger partial charge in [-0.05, 0) is 79.9 Å². The third-order valence-corrected chi connectivity index (χ3v) is 7.44. The Morgan fingerprint density at radius 2 is 1.30 bits per heavy atom.